The molecule has 0 saturated heterocycles. The lowest BCUT2D eigenvalue weighted by molar-refractivity contribution is 0.941. The van der Waals surface area contributed by atoms with Gasteiger partial charge in [-0.1, -0.05) is 29.5 Å². The van der Waals surface area contributed by atoms with E-state index in [1.807, 2.05) is 6.92 Å². The van der Waals surface area contributed by atoms with Gasteiger partial charge in [0.2, 0.25) is 0 Å². The number of rotatable bonds is 4. The summed E-state index contributed by atoms with van der Waals surface area (Å²) in [5, 5.41) is 0. The van der Waals surface area contributed by atoms with E-state index >= 15 is 0 Å². The number of aromatic nitrogens is 2. The molecule has 0 spiro atoms. The molecule has 2 aromatic rings. The first-order valence-corrected chi connectivity index (χ1v) is 7.06. The highest BCUT2D eigenvalue weighted by atomic mass is 32.2. The van der Waals surface area contributed by atoms with E-state index < -0.39 is 0 Å². The Balaban J connectivity index is 2.25. The first kappa shape index (κ1) is 12.5. The van der Waals surface area contributed by atoms with Gasteiger partial charge in [-0.15, -0.1) is 0 Å². The molecule has 1 aromatic carbocycles. The van der Waals surface area contributed by atoms with Gasteiger partial charge in [-0.05, 0) is 50.0 Å². The molecule has 0 unspecified atom stereocenters. The van der Waals surface area contributed by atoms with Crippen molar-refractivity contribution in [1.29, 1.82) is 0 Å². The molecule has 1 aromatic heterocycles. The molecule has 0 fully saturated rings. The van der Waals surface area contributed by atoms with E-state index in [-0.39, 0.29) is 0 Å². The number of nitrogens with zero attached hydrogens (tertiary/aromatic N) is 2. The number of nitrogens with two attached hydrogens (primary N) is 1. The van der Waals surface area contributed by atoms with Crippen LogP contribution in [0.4, 0.5) is 0 Å². The Morgan fingerprint density at radius 3 is 2.82 bits per heavy atom. The normalized spacial score (nSPS) is 10.8. The summed E-state index contributed by atoms with van der Waals surface area (Å²) < 4.78 is 5.18. The van der Waals surface area contributed by atoms with Gasteiger partial charge in [-0.3, -0.25) is 0 Å². The summed E-state index contributed by atoms with van der Waals surface area (Å²) >= 11 is 3.12. The molecule has 0 atom stereocenters. The van der Waals surface area contributed by atoms with Crippen LogP contribution in [-0.4, -0.2) is 15.9 Å². The summed E-state index contributed by atoms with van der Waals surface area (Å²) in [7, 11) is 0. The maximum Gasteiger partial charge on any atom is 0.174 e. The summed E-state index contributed by atoms with van der Waals surface area (Å²) in [5.41, 5.74) is 8.21. The van der Waals surface area contributed by atoms with E-state index in [9.17, 15) is 0 Å². The molecule has 0 aliphatic heterocycles. The average molecular weight is 265 g/mol. The molecule has 2 rings (SSSR count). The first-order chi connectivity index (χ1) is 8.19. The van der Waals surface area contributed by atoms with Gasteiger partial charge < -0.3 is 5.73 Å². The summed E-state index contributed by atoms with van der Waals surface area (Å²) in [4.78, 5) is 5.60. The molecular weight excluding hydrogens is 250 g/mol. The molecule has 0 amide bonds. The topological polar surface area (TPSA) is 51.8 Å². The van der Waals surface area contributed by atoms with Gasteiger partial charge in [0.15, 0.2) is 4.34 Å². The van der Waals surface area contributed by atoms with Crippen LogP contribution in [0.25, 0.3) is 0 Å². The van der Waals surface area contributed by atoms with Crippen LogP contribution in [-0.2, 0) is 6.42 Å². The smallest absolute Gasteiger partial charge is 0.174 e. The van der Waals surface area contributed by atoms with Crippen molar-refractivity contribution in [3.05, 3.63) is 35.2 Å². The van der Waals surface area contributed by atoms with Crippen molar-refractivity contribution in [2.24, 2.45) is 5.73 Å². The molecule has 0 bridgehead atoms. The van der Waals surface area contributed by atoms with Gasteiger partial charge in [0.05, 0.1) is 0 Å². The monoisotopic (exact) mass is 265 g/mol. The van der Waals surface area contributed by atoms with Crippen LogP contribution in [0.1, 0.15) is 17.0 Å². The number of benzene rings is 1. The van der Waals surface area contributed by atoms with Gasteiger partial charge in [0, 0.05) is 4.90 Å². The molecule has 90 valence electrons. The summed E-state index contributed by atoms with van der Waals surface area (Å²) in [5.74, 6) is 0.838. The van der Waals surface area contributed by atoms with Crippen molar-refractivity contribution in [1.82, 2.24) is 9.36 Å². The fraction of sp³-hybridized carbons (Fsp3) is 0.333. The van der Waals surface area contributed by atoms with E-state index in [1.54, 1.807) is 11.8 Å². The summed E-state index contributed by atoms with van der Waals surface area (Å²) in [6.45, 7) is 4.69. The molecule has 5 heteroatoms. The van der Waals surface area contributed by atoms with Crippen molar-refractivity contribution < 1.29 is 0 Å². The second kappa shape index (κ2) is 5.62. The van der Waals surface area contributed by atoms with Crippen LogP contribution in [0.15, 0.2) is 27.4 Å². The number of aryl methyl sites for hydroxylation is 2. The van der Waals surface area contributed by atoms with Crippen LogP contribution in [0.3, 0.4) is 0 Å². The number of hydrogen-bond acceptors (Lipinski definition) is 5. The fourth-order valence-electron chi connectivity index (χ4n) is 1.57. The Morgan fingerprint density at radius 2 is 2.18 bits per heavy atom. The Labute approximate surface area is 110 Å². The van der Waals surface area contributed by atoms with E-state index in [1.165, 1.54) is 27.6 Å². The average Bonchev–Trinajstić information content (AvgIpc) is 2.69. The lowest BCUT2D eigenvalue weighted by Gasteiger charge is -2.07. The third-order valence-corrected chi connectivity index (χ3v) is 4.30. The third-order valence-electron chi connectivity index (χ3n) is 2.34. The van der Waals surface area contributed by atoms with Crippen molar-refractivity contribution in [3.63, 3.8) is 0 Å². The Bertz CT molecular complexity index is 508. The van der Waals surface area contributed by atoms with Crippen LogP contribution < -0.4 is 5.73 Å². The zero-order valence-corrected chi connectivity index (χ0v) is 11.6. The van der Waals surface area contributed by atoms with Crippen molar-refractivity contribution in [3.8, 4) is 0 Å². The Kier molecular flexibility index (Phi) is 4.15. The fourth-order valence-corrected chi connectivity index (χ4v) is 3.32. The standard InChI is InChI=1S/C12H15N3S2/c1-8-3-4-11(10(7-8)5-6-13)16-12-14-9(2)15-17-12/h3-4,7H,5-6,13H2,1-2H3. The highest BCUT2D eigenvalue weighted by Crippen LogP contribution is 2.32. The zero-order valence-electron chi connectivity index (χ0n) is 9.93. The first-order valence-electron chi connectivity index (χ1n) is 5.47. The highest BCUT2D eigenvalue weighted by Gasteiger charge is 2.07. The summed E-state index contributed by atoms with van der Waals surface area (Å²) in [6.07, 6.45) is 0.905. The Hall–Kier alpha value is -0.910. The molecule has 2 N–H and O–H groups in total. The Morgan fingerprint density at radius 1 is 1.35 bits per heavy atom. The third kappa shape index (κ3) is 3.28. The molecule has 0 aliphatic rings. The van der Waals surface area contributed by atoms with E-state index in [0.717, 1.165) is 16.6 Å². The minimum Gasteiger partial charge on any atom is -0.330 e. The molecule has 0 saturated carbocycles. The molecule has 0 aliphatic carbocycles. The van der Waals surface area contributed by atoms with Crippen LogP contribution in [0, 0.1) is 13.8 Å². The molecule has 3 nitrogen and oxygen atoms in total. The quantitative estimate of drug-likeness (QED) is 0.923. The lowest BCUT2D eigenvalue weighted by Crippen LogP contribution is -2.03. The summed E-state index contributed by atoms with van der Waals surface area (Å²) in [6, 6.07) is 6.46. The number of hydrogen-bond donors (Lipinski definition) is 1. The molecule has 0 radical (unpaired) electrons. The van der Waals surface area contributed by atoms with Crippen LogP contribution in [0.5, 0.6) is 0 Å². The maximum atomic E-state index is 5.64. The maximum absolute atomic E-state index is 5.64. The van der Waals surface area contributed by atoms with Gasteiger partial charge in [-0.25, -0.2) is 4.98 Å². The van der Waals surface area contributed by atoms with Gasteiger partial charge in [0.1, 0.15) is 5.82 Å². The van der Waals surface area contributed by atoms with Crippen LogP contribution in [0.2, 0.25) is 0 Å². The predicted molar refractivity (Wildman–Crippen MR) is 72.7 cm³/mol. The second-order valence-corrected chi connectivity index (χ2v) is 5.90. The van der Waals surface area contributed by atoms with Crippen LogP contribution >= 0.6 is 23.3 Å². The zero-order chi connectivity index (χ0) is 12.3. The highest BCUT2D eigenvalue weighted by molar-refractivity contribution is 8.01. The van der Waals surface area contributed by atoms with E-state index in [2.05, 4.69) is 34.5 Å². The SMILES string of the molecule is Cc1ccc(Sc2nc(C)ns2)c(CCN)c1. The second-order valence-electron chi connectivity index (χ2n) is 3.86. The van der Waals surface area contributed by atoms with Gasteiger partial charge in [-0.2, -0.15) is 4.37 Å². The van der Waals surface area contributed by atoms with Crippen molar-refractivity contribution in [2.75, 3.05) is 6.54 Å². The molecular formula is C12H15N3S2. The van der Waals surface area contributed by atoms with E-state index in [4.69, 9.17) is 5.73 Å². The minimum absolute atomic E-state index is 0.673. The predicted octanol–water partition coefficient (Wildman–Crippen LogP) is 2.81. The van der Waals surface area contributed by atoms with Gasteiger partial charge >= 0.3 is 0 Å². The molecule has 17 heavy (non-hydrogen) atoms. The molecule has 1 heterocycles. The van der Waals surface area contributed by atoms with Crippen molar-refractivity contribution in [2.45, 2.75) is 29.5 Å². The lowest BCUT2D eigenvalue weighted by atomic mass is 10.1. The minimum atomic E-state index is 0.673. The van der Waals surface area contributed by atoms with Crippen molar-refractivity contribution >= 4 is 23.3 Å². The van der Waals surface area contributed by atoms with E-state index in [0.29, 0.717) is 6.54 Å². The largest absolute Gasteiger partial charge is 0.330 e. The van der Waals surface area contributed by atoms with Gasteiger partial charge in [0.25, 0.3) is 0 Å².